The number of nitro benzene ring substituents is 1. The van der Waals surface area contributed by atoms with Crippen molar-refractivity contribution in [1.82, 2.24) is 4.98 Å². The van der Waals surface area contributed by atoms with E-state index in [2.05, 4.69) is 5.32 Å². The molecule has 1 amide bonds. The number of thiophene rings is 1. The SMILES string of the molecule is Cc1ccc([N+](=O)[O-])cc1NC(=O)c1sc2nc(-c3ccc(Cl)cc3)cc(-c3ccc(Cl)cc3)c2c1N. The Morgan fingerprint density at radius 1 is 0.973 bits per heavy atom. The van der Waals surface area contributed by atoms with Crippen LogP contribution in [0.2, 0.25) is 10.0 Å². The van der Waals surface area contributed by atoms with Crippen LogP contribution in [0, 0.1) is 17.0 Å². The van der Waals surface area contributed by atoms with Gasteiger partial charge in [0.1, 0.15) is 9.71 Å². The summed E-state index contributed by atoms with van der Waals surface area (Å²) in [6.07, 6.45) is 0. The minimum Gasteiger partial charge on any atom is -0.397 e. The molecule has 10 heteroatoms. The molecule has 0 radical (unpaired) electrons. The number of halogens is 2. The van der Waals surface area contributed by atoms with Crippen molar-refractivity contribution in [2.75, 3.05) is 11.1 Å². The predicted molar refractivity (Wildman–Crippen MR) is 151 cm³/mol. The fourth-order valence-electron chi connectivity index (χ4n) is 3.95. The van der Waals surface area contributed by atoms with E-state index in [0.29, 0.717) is 37.2 Å². The maximum atomic E-state index is 13.3. The number of hydrogen-bond acceptors (Lipinski definition) is 6. The molecule has 0 aliphatic carbocycles. The Morgan fingerprint density at radius 2 is 1.59 bits per heavy atom. The van der Waals surface area contributed by atoms with E-state index in [9.17, 15) is 14.9 Å². The van der Waals surface area contributed by atoms with Crippen LogP contribution in [0.25, 0.3) is 32.6 Å². The molecule has 0 fully saturated rings. The summed E-state index contributed by atoms with van der Waals surface area (Å²) in [6, 6.07) is 20.9. The van der Waals surface area contributed by atoms with Gasteiger partial charge in [0.05, 0.1) is 22.0 Å². The number of aryl methyl sites for hydroxylation is 1. The van der Waals surface area contributed by atoms with Gasteiger partial charge in [-0.05, 0) is 53.9 Å². The summed E-state index contributed by atoms with van der Waals surface area (Å²) >= 11 is 13.3. The Hall–Kier alpha value is -3.98. The van der Waals surface area contributed by atoms with E-state index in [1.807, 2.05) is 30.3 Å². The van der Waals surface area contributed by atoms with Gasteiger partial charge in [0.25, 0.3) is 11.6 Å². The molecule has 0 aliphatic rings. The van der Waals surface area contributed by atoms with Gasteiger partial charge in [-0.1, -0.05) is 53.5 Å². The number of nitrogens with two attached hydrogens (primary N) is 1. The van der Waals surface area contributed by atoms with Crippen LogP contribution in [0.4, 0.5) is 17.1 Å². The van der Waals surface area contributed by atoms with E-state index in [-0.39, 0.29) is 16.3 Å². The molecular formula is C27H18Cl2N4O3S. The number of anilines is 2. The number of nitro groups is 1. The van der Waals surface area contributed by atoms with Gasteiger partial charge in [0, 0.05) is 33.1 Å². The average Bonchev–Trinajstić information content (AvgIpc) is 3.22. The molecule has 0 unspecified atom stereocenters. The predicted octanol–water partition coefficient (Wildman–Crippen LogP) is 7.99. The fourth-order valence-corrected chi connectivity index (χ4v) is 5.22. The first-order chi connectivity index (χ1) is 17.7. The molecule has 3 aromatic carbocycles. The molecule has 184 valence electrons. The maximum Gasteiger partial charge on any atom is 0.271 e. The number of nitrogen functional groups attached to an aromatic ring is 1. The minimum absolute atomic E-state index is 0.121. The molecule has 0 saturated heterocycles. The number of nitrogens with zero attached hydrogens (tertiary/aromatic N) is 2. The van der Waals surface area contributed by atoms with E-state index >= 15 is 0 Å². The number of nitrogens with one attached hydrogen (secondary N) is 1. The second-order valence-electron chi connectivity index (χ2n) is 8.30. The van der Waals surface area contributed by atoms with Crippen molar-refractivity contribution in [3.8, 4) is 22.4 Å². The van der Waals surface area contributed by atoms with E-state index in [4.69, 9.17) is 33.9 Å². The molecule has 37 heavy (non-hydrogen) atoms. The van der Waals surface area contributed by atoms with Crippen LogP contribution in [0.1, 0.15) is 15.2 Å². The number of fused-ring (bicyclic) bond motifs is 1. The summed E-state index contributed by atoms with van der Waals surface area (Å²) < 4.78 is 0. The number of amides is 1. The summed E-state index contributed by atoms with van der Waals surface area (Å²) in [7, 11) is 0. The van der Waals surface area contributed by atoms with Crippen LogP contribution in [0.5, 0.6) is 0 Å². The first-order valence-corrected chi connectivity index (χ1v) is 12.6. The number of carbonyl (C=O) groups is 1. The highest BCUT2D eigenvalue weighted by Gasteiger charge is 2.23. The highest BCUT2D eigenvalue weighted by molar-refractivity contribution is 7.21. The molecule has 5 aromatic rings. The summed E-state index contributed by atoms with van der Waals surface area (Å²) in [5.41, 5.74) is 10.9. The Bertz CT molecular complexity index is 1680. The Kier molecular flexibility index (Phi) is 6.55. The lowest BCUT2D eigenvalue weighted by molar-refractivity contribution is -0.384. The van der Waals surface area contributed by atoms with Gasteiger partial charge in [-0.2, -0.15) is 0 Å². The summed E-state index contributed by atoms with van der Waals surface area (Å²) in [5, 5.41) is 15.8. The first kappa shape index (κ1) is 24.7. The van der Waals surface area contributed by atoms with E-state index in [0.717, 1.165) is 28.0 Å². The molecule has 0 saturated carbocycles. The lowest BCUT2D eigenvalue weighted by Crippen LogP contribution is -2.13. The Labute approximate surface area is 225 Å². The molecule has 0 bridgehead atoms. The van der Waals surface area contributed by atoms with Crippen molar-refractivity contribution in [3.63, 3.8) is 0 Å². The van der Waals surface area contributed by atoms with Crippen LogP contribution in [0.15, 0.2) is 72.8 Å². The third-order valence-electron chi connectivity index (χ3n) is 5.88. The quantitative estimate of drug-likeness (QED) is 0.171. The van der Waals surface area contributed by atoms with Gasteiger partial charge in [0.2, 0.25) is 0 Å². The van der Waals surface area contributed by atoms with Crippen molar-refractivity contribution >= 4 is 67.7 Å². The molecule has 7 nitrogen and oxygen atoms in total. The zero-order valence-corrected chi connectivity index (χ0v) is 21.6. The van der Waals surface area contributed by atoms with Gasteiger partial charge in [-0.15, -0.1) is 11.3 Å². The number of pyridine rings is 1. The minimum atomic E-state index is -0.510. The third kappa shape index (κ3) is 4.86. The van der Waals surface area contributed by atoms with E-state index in [1.54, 1.807) is 37.3 Å². The molecule has 0 spiro atoms. The third-order valence-corrected chi connectivity index (χ3v) is 7.48. The average molecular weight is 549 g/mol. The molecule has 0 atom stereocenters. The van der Waals surface area contributed by atoms with Gasteiger partial charge < -0.3 is 11.1 Å². The highest BCUT2D eigenvalue weighted by Crippen LogP contribution is 2.42. The fraction of sp³-hybridized carbons (Fsp3) is 0.0370. The summed E-state index contributed by atoms with van der Waals surface area (Å²) in [5.74, 6) is -0.473. The van der Waals surface area contributed by atoms with Crippen molar-refractivity contribution in [1.29, 1.82) is 0 Å². The molecule has 5 rings (SSSR count). The van der Waals surface area contributed by atoms with Crippen LogP contribution in [-0.2, 0) is 0 Å². The summed E-state index contributed by atoms with van der Waals surface area (Å²) in [4.78, 5) is 29.7. The number of hydrogen-bond donors (Lipinski definition) is 2. The zero-order chi connectivity index (χ0) is 26.3. The monoisotopic (exact) mass is 548 g/mol. The number of rotatable bonds is 5. The Morgan fingerprint density at radius 3 is 2.22 bits per heavy atom. The Balaban J connectivity index is 1.65. The zero-order valence-electron chi connectivity index (χ0n) is 19.3. The largest absolute Gasteiger partial charge is 0.397 e. The maximum absolute atomic E-state index is 13.3. The van der Waals surface area contributed by atoms with Crippen LogP contribution < -0.4 is 11.1 Å². The molecular weight excluding hydrogens is 531 g/mol. The smallest absolute Gasteiger partial charge is 0.271 e. The lowest BCUT2D eigenvalue weighted by atomic mass is 9.99. The molecule has 0 aliphatic heterocycles. The number of carbonyl (C=O) groups excluding carboxylic acids is 1. The van der Waals surface area contributed by atoms with Crippen LogP contribution in [0.3, 0.4) is 0 Å². The molecule has 2 heterocycles. The van der Waals surface area contributed by atoms with Gasteiger partial charge >= 0.3 is 0 Å². The normalized spacial score (nSPS) is 11.0. The first-order valence-electron chi connectivity index (χ1n) is 11.0. The van der Waals surface area contributed by atoms with Gasteiger partial charge in [-0.3, -0.25) is 14.9 Å². The van der Waals surface area contributed by atoms with Crippen molar-refractivity contribution in [3.05, 3.63) is 103 Å². The van der Waals surface area contributed by atoms with Crippen molar-refractivity contribution in [2.24, 2.45) is 0 Å². The van der Waals surface area contributed by atoms with Gasteiger partial charge in [0.15, 0.2) is 0 Å². The van der Waals surface area contributed by atoms with Crippen LogP contribution in [-0.4, -0.2) is 15.8 Å². The second-order valence-corrected chi connectivity index (χ2v) is 10.2. The summed E-state index contributed by atoms with van der Waals surface area (Å²) in [6.45, 7) is 1.76. The number of aromatic nitrogens is 1. The van der Waals surface area contributed by atoms with Crippen molar-refractivity contribution in [2.45, 2.75) is 6.92 Å². The number of non-ortho nitro benzene ring substituents is 1. The molecule has 3 N–H and O–H groups in total. The second kappa shape index (κ2) is 9.82. The van der Waals surface area contributed by atoms with Crippen LogP contribution >= 0.6 is 34.5 Å². The van der Waals surface area contributed by atoms with Crippen molar-refractivity contribution < 1.29 is 9.72 Å². The number of benzene rings is 3. The lowest BCUT2D eigenvalue weighted by Gasteiger charge is -2.10. The topological polar surface area (TPSA) is 111 Å². The van der Waals surface area contributed by atoms with Gasteiger partial charge in [-0.25, -0.2) is 4.98 Å². The van der Waals surface area contributed by atoms with E-state index in [1.165, 1.54) is 12.1 Å². The highest BCUT2D eigenvalue weighted by atomic mass is 35.5. The van der Waals surface area contributed by atoms with E-state index < -0.39 is 10.8 Å². The molecule has 2 aromatic heterocycles. The standard InChI is InChI=1S/C27H18Cl2N4O3S/c1-14-2-11-19(33(35)36)12-21(14)31-26(34)25-24(30)23-20(15-3-7-17(28)8-4-15)13-22(32-27(23)37-25)16-5-9-18(29)10-6-16/h2-13H,30H2,1H3,(H,31,34).